The normalized spacial score (nSPS) is 10.0. The van der Waals surface area contributed by atoms with Gasteiger partial charge in [0.2, 0.25) is 5.91 Å². The third-order valence-corrected chi connectivity index (χ3v) is 2.44. The molecule has 0 atom stereocenters. The molecule has 1 heterocycles. The maximum Gasteiger partial charge on any atom is 0.232 e. The van der Waals surface area contributed by atoms with Gasteiger partial charge in [-0.25, -0.2) is 4.98 Å². The molecule has 2 aromatic rings. The van der Waals surface area contributed by atoms with Crippen LogP contribution in [0.3, 0.4) is 0 Å². The van der Waals surface area contributed by atoms with Crippen molar-refractivity contribution < 1.29 is 4.79 Å². The van der Waals surface area contributed by atoms with Crippen molar-refractivity contribution >= 4 is 28.3 Å². The summed E-state index contributed by atoms with van der Waals surface area (Å²) in [6.45, 7) is 0. The van der Waals surface area contributed by atoms with E-state index >= 15 is 0 Å². The second-order valence-corrected chi connectivity index (χ2v) is 3.92. The van der Waals surface area contributed by atoms with Crippen molar-refractivity contribution in [1.82, 2.24) is 9.36 Å². The predicted octanol–water partition coefficient (Wildman–Crippen LogP) is 1.30. The number of anilines is 2. The van der Waals surface area contributed by atoms with Gasteiger partial charge in [-0.3, -0.25) is 4.79 Å². The van der Waals surface area contributed by atoms with Crippen molar-refractivity contribution in [2.24, 2.45) is 0 Å². The zero-order chi connectivity index (χ0) is 11.4. The van der Waals surface area contributed by atoms with E-state index in [0.717, 1.165) is 17.2 Å². The first kappa shape index (κ1) is 10.6. The minimum atomic E-state index is -0.149. The predicted molar refractivity (Wildman–Crippen MR) is 63.1 cm³/mol. The number of hydrogen-bond acceptors (Lipinski definition) is 5. The summed E-state index contributed by atoms with van der Waals surface area (Å²) in [6.07, 6.45) is 0.141. The van der Waals surface area contributed by atoms with Gasteiger partial charge in [-0.1, -0.05) is 18.2 Å². The Morgan fingerprint density at radius 3 is 2.75 bits per heavy atom. The number of aromatic nitrogens is 2. The highest BCUT2D eigenvalue weighted by Gasteiger charge is 2.08. The molecule has 0 radical (unpaired) electrons. The zero-order valence-corrected chi connectivity index (χ0v) is 9.20. The highest BCUT2D eigenvalue weighted by Crippen LogP contribution is 2.08. The molecule has 16 heavy (non-hydrogen) atoms. The molecule has 5 nitrogen and oxygen atoms in total. The van der Waals surface area contributed by atoms with E-state index in [1.54, 1.807) is 0 Å². The minimum Gasteiger partial charge on any atom is -0.374 e. The van der Waals surface area contributed by atoms with Crippen LogP contribution in [0, 0.1) is 0 Å². The highest BCUT2D eigenvalue weighted by molar-refractivity contribution is 7.09. The van der Waals surface area contributed by atoms with Crippen molar-refractivity contribution in [3.8, 4) is 0 Å². The van der Waals surface area contributed by atoms with Crippen LogP contribution >= 0.6 is 11.5 Å². The van der Waals surface area contributed by atoms with Crippen LogP contribution in [0.15, 0.2) is 30.3 Å². The Bertz CT molecular complexity index is 483. The number of amides is 1. The number of hydrogen-bond donors (Lipinski definition) is 2. The molecule has 1 aromatic heterocycles. The number of nitrogen functional groups attached to an aromatic ring is 1. The smallest absolute Gasteiger partial charge is 0.232 e. The van der Waals surface area contributed by atoms with Crippen LogP contribution in [-0.4, -0.2) is 15.3 Å². The Morgan fingerprint density at radius 1 is 1.38 bits per heavy atom. The lowest BCUT2D eigenvalue weighted by Crippen LogP contribution is -2.15. The molecule has 2 rings (SSSR count). The number of carbonyl (C=O) groups is 1. The molecule has 6 heteroatoms. The number of nitrogens with zero attached hydrogens (tertiary/aromatic N) is 2. The van der Waals surface area contributed by atoms with Crippen LogP contribution in [-0.2, 0) is 11.2 Å². The Morgan fingerprint density at radius 2 is 2.12 bits per heavy atom. The molecule has 0 unspecified atom stereocenters. The van der Waals surface area contributed by atoms with Crippen LogP contribution in [0.2, 0.25) is 0 Å². The van der Waals surface area contributed by atoms with Gasteiger partial charge in [-0.2, -0.15) is 4.37 Å². The monoisotopic (exact) mass is 234 g/mol. The van der Waals surface area contributed by atoms with E-state index in [1.807, 2.05) is 30.3 Å². The van der Waals surface area contributed by atoms with Crippen LogP contribution in [0.5, 0.6) is 0 Å². The van der Waals surface area contributed by atoms with E-state index in [4.69, 9.17) is 5.73 Å². The Kier molecular flexibility index (Phi) is 3.11. The van der Waals surface area contributed by atoms with Gasteiger partial charge >= 0.3 is 0 Å². The average Bonchev–Trinajstić information content (AvgIpc) is 2.65. The van der Waals surface area contributed by atoms with Gasteiger partial charge < -0.3 is 11.1 Å². The Balaban J connectivity index is 1.95. The lowest BCUT2D eigenvalue weighted by atomic mass is 10.3. The number of carbonyl (C=O) groups excluding carboxylic acids is 1. The van der Waals surface area contributed by atoms with Crippen molar-refractivity contribution in [3.05, 3.63) is 36.2 Å². The summed E-state index contributed by atoms with van der Waals surface area (Å²) in [6, 6.07) is 9.24. The average molecular weight is 234 g/mol. The lowest BCUT2D eigenvalue weighted by molar-refractivity contribution is -0.115. The van der Waals surface area contributed by atoms with Crippen molar-refractivity contribution in [1.29, 1.82) is 0 Å². The van der Waals surface area contributed by atoms with Gasteiger partial charge in [0.1, 0.15) is 0 Å². The lowest BCUT2D eigenvalue weighted by Gasteiger charge is -2.02. The molecule has 3 N–H and O–H groups in total. The van der Waals surface area contributed by atoms with Crippen LogP contribution in [0.4, 0.5) is 10.8 Å². The minimum absolute atomic E-state index is 0.141. The van der Waals surface area contributed by atoms with Crippen LogP contribution in [0.1, 0.15) is 5.82 Å². The summed E-state index contributed by atoms with van der Waals surface area (Å²) in [5.74, 6) is 0.305. The molecule has 82 valence electrons. The molecular weight excluding hydrogens is 224 g/mol. The second-order valence-electron chi connectivity index (χ2n) is 3.14. The molecule has 0 saturated carbocycles. The molecule has 0 aliphatic heterocycles. The standard InChI is InChI=1S/C10H10N4OS/c11-10-13-8(14-16-10)6-9(15)12-7-4-2-1-3-5-7/h1-5H,6H2,(H,12,15)(H2,11,13,14). The number of nitrogens with one attached hydrogen (secondary N) is 1. The van der Waals surface area contributed by atoms with Gasteiger partial charge in [-0.05, 0) is 12.1 Å². The first-order valence-corrected chi connectivity index (χ1v) is 5.44. The fraction of sp³-hybridized carbons (Fsp3) is 0.100. The van der Waals surface area contributed by atoms with Gasteiger partial charge in [0.05, 0.1) is 6.42 Å². The summed E-state index contributed by atoms with van der Waals surface area (Å²) in [4.78, 5) is 15.5. The van der Waals surface area contributed by atoms with Gasteiger partial charge in [0.15, 0.2) is 11.0 Å². The van der Waals surface area contributed by atoms with E-state index in [-0.39, 0.29) is 12.3 Å². The number of nitrogens with two attached hydrogens (primary N) is 1. The summed E-state index contributed by atoms with van der Waals surface area (Å²) in [5, 5.41) is 3.12. The molecule has 0 aliphatic rings. The number of rotatable bonds is 3. The third kappa shape index (κ3) is 2.77. The van der Waals surface area contributed by atoms with Gasteiger partial charge in [-0.15, -0.1) is 0 Å². The van der Waals surface area contributed by atoms with Crippen LogP contribution < -0.4 is 11.1 Å². The van der Waals surface area contributed by atoms with Gasteiger partial charge in [0, 0.05) is 17.2 Å². The molecule has 0 spiro atoms. The van der Waals surface area contributed by atoms with Crippen molar-refractivity contribution in [2.45, 2.75) is 6.42 Å². The summed E-state index contributed by atoms with van der Waals surface area (Å²) >= 11 is 1.09. The SMILES string of the molecule is Nc1nc(CC(=O)Nc2ccccc2)ns1. The fourth-order valence-corrected chi connectivity index (χ4v) is 1.66. The van der Waals surface area contributed by atoms with E-state index < -0.39 is 0 Å². The van der Waals surface area contributed by atoms with Crippen molar-refractivity contribution in [2.75, 3.05) is 11.1 Å². The second kappa shape index (κ2) is 4.71. The quantitative estimate of drug-likeness (QED) is 0.838. The molecule has 0 aliphatic carbocycles. The number of benzene rings is 1. The van der Waals surface area contributed by atoms with E-state index in [1.165, 1.54) is 0 Å². The molecular formula is C10H10N4OS. The summed E-state index contributed by atoms with van der Waals surface area (Å²) in [7, 11) is 0. The molecule has 0 bridgehead atoms. The third-order valence-electron chi connectivity index (χ3n) is 1.86. The van der Waals surface area contributed by atoms with Crippen LogP contribution in [0.25, 0.3) is 0 Å². The summed E-state index contributed by atoms with van der Waals surface area (Å²) in [5.41, 5.74) is 6.18. The largest absolute Gasteiger partial charge is 0.374 e. The van der Waals surface area contributed by atoms with E-state index in [9.17, 15) is 4.79 Å². The first-order chi connectivity index (χ1) is 7.74. The molecule has 1 aromatic carbocycles. The number of para-hydroxylation sites is 1. The van der Waals surface area contributed by atoms with Gasteiger partial charge in [0.25, 0.3) is 0 Å². The van der Waals surface area contributed by atoms with E-state index in [2.05, 4.69) is 14.7 Å². The maximum atomic E-state index is 11.6. The topological polar surface area (TPSA) is 80.9 Å². The first-order valence-electron chi connectivity index (χ1n) is 4.67. The molecule has 1 amide bonds. The highest BCUT2D eigenvalue weighted by atomic mass is 32.1. The molecule has 0 saturated heterocycles. The summed E-state index contributed by atoms with van der Waals surface area (Å²) < 4.78 is 3.94. The Hall–Kier alpha value is -1.95. The fourth-order valence-electron chi connectivity index (χ4n) is 1.21. The van der Waals surface area contributed by atoms with Crippen molar-refractivity contribution in [3.63, 3.8) is 0 Å². The zero-order valence-electron chi connectivity index (χ0n) is 8.38. The van der Waals surface area contributed by atoms with E-state index in [0.29, 0.717) is 11.0 Å². The molecule has 0 fully saturated rings. The Labute approximate surface area is 96.5 Å². The maximum absolute atomic E-state index is 11.6.